The monoisotopic (exact) mass is 376 g/mol. The molecule has 1 unspecified atom stereocenters. The molecule has 29 heavy (non-hydrogen) atoms. The number of benzene rings is 4. The molecule has 0 amide bonds. The van der Waals surface area contributed by atoms with E-state index < -0.39 is 0 Å². The first-order valence-corrected chi connectivity index (χ1v) is 9.92. The number of rotatable bonds is 0. The quantitative estimate of drug-likeness (QED) is 0.389. The molecule has 1 atom stereocenters. The lowest BCUT2D eigenvalue weighted by atomic mass is 9.64. The van der Waals surface area contributed by atoms with Crippen LogP contribution in [0.25, 0.3) is 21.5 Å². The fourth-order valence-electron chi connectivity index (χ4n) is 5.35. The highest BCUT2D eigenvalue weighted by molar-refractivity contribution is 5.93. The smallest absolute Gasteiger partial charge is 0.116 e. The minimum Gasteiger partial charge on any atom is -0.508 e. The Morgan fingerprint density at radius 1 is 0.759 bits per heavy atom. The van der Waals surface area contributed by atoms with Crippen molar-refractivity contribution in [2.24, 2.45) is 0 Å². The van der Waals surface area contributed by atoms with Crippen molar-refractivity contribution in [3.05, 3.63) is 107 Å². The first kappa shape index (κ1) is 16.4. The fourth-order valence-corrected chi connectivity index (χ4v) is 5.35. The number of allylic oxidation sites excluding steroid dienone is 3. The van der Waals surface area contributed by atoms with E-state index in [1.54, 1.807) is 12.1 Å². The van der Waals surface area contributed by atoms with E-state index >= 15 is 0 Å². The van der Waals surface area contributed by atoms with Gasteiger partial charge in [0, 0.05) is 5.41 Å². The summed E-state index contributed by atoms with van der Waals surface area (Å²) in [6, 6.07) is 20.1. The molecule has 2 heteroatoms. The largest absolute Gasteiger partial charge is 0.508 e. The van der Waals surface area contributed by atoms with Crippen molar-refractivity contribution in [1.29, 1.82) is 0 Å². The van der Waals surface area contributed by atoms with Gasteiger partial charge in [-0.25, -0.2) is 0 Å². The molecule has 4 aromatic rings. The van der Waals surface area contributed by atoms with E-state index in [0.717, 1.165) is 40.0 Å². The van der Waals surface area contributed by atoms with Crippen LogP contribution >= 0.6 is 0 Å². The Morgan fingerprint density at radius 2 is 1.52 bits per heavy atom. The van der Waals surface area contributed by atoms with E-state index in [0.29, 0.717) is 11.5 Å². The maximum absolute atomic E-state index is 10.2. The molecule has 0 saturated carbocycles. The highest BCUT2D eigenvalue weighted by atomic mass is 16.3. The number of aromatic hydroxyl groups is 2. The predicted molar refractivity (Wildman–Crippen MR) is 118 cm³/mol. The van der Waals surface area contributed by atoms with Gasteiger partial charge in [0.1, 0.15) is 11.5 Å². The number of fused-ring (bicyclic) bond motifs is 7. The normalized spacial score (nSPS) is 19.8. The Balaban J connectivity index is 1.73. The van der Waals surface area contributed by atoms with Crippen molar-refractivity contribution in [3.8, 4) is 11.5 Å². The summed E-state index contributed by atoms with van der Waals surface area (Å²) < 4.78 is 0. The van der Waals surface area contributed by atoms with E-state index in [9.17, 15) is 10.2 Å². The van der Waals surface area contributed by atoms with E-state index in [2.05, 4.69) is 43.0 Å². The van der Waals surface area contributed by atoms with Gasteiger partial charge in [-0.3, -0.25) is 0 Å². The Hall–Kier alpha value is -3.52. The zero-order chi connectivity index (χ0) is 19.8. The molecule has 0 saturated heterocycles. The van der Waals surface area contributed by atoms with Crippen molar-refractivity contribution < 1.29 is 10.2 Å². The van der Waals surface area contributed by atoms with Crippen molar-refractivity contribution >= 4 is 21.5 Å². The highest BCUT2D eigenvalue weighted by Gasteiger charge is 2.42. The third-order valence-corrected chi connectivity index (χ3v) is 6.55. The first-order valence-electron chi connectivity index (χ1n) is 9.92. The lowest BCUT2D eigenvalue weighted by Crippen LogP contribution is -2.30. The third-order valence-electron chi connectivity index (χ3n) is 6.55. The third kappa shape index (κ3) is 2.23. The van der Waals surface area contributed by atoms with Gasteiger partial charge in [-0.2, -0.15) is 0 Å². The van der Waals surface area contributed by atoms with Gasteiger partial charge in [-0.1, -0.05) is 54.6 Å². The lowest BCUT2D eigenvalue weighted by molar-refractivity contribution is 0.475. The molecule has 2 nitrogen and oxygen atoms in total. The maximum Gasteiger partial charge on any atom is 0.116 e. The van der Waals surface area contributed by atoms with Gasteiger partial charge in [0.25, 0.3) is 0 Å². The van der Waals surface area contributed by atoms with Crippen molar-refractivity contribution in [2.45, 2.75) is 18.3 Å². The van der Waals surface area contributed by atoms with Crippen LogP contribution in [0.4, 0.5) is 0 Å². The van der Waals surface area contributed by atoms with Crippen molar-refractivity contribution in [3.63, 3.8) is 0 Å². The van der Waals surface area contributed by atoms with Gasteiger partial charge in [0.2, 0.25) is 0 Å². The van der Waals surface area contributed by atoms with Crippen LogP contribution in [0.5, 0.6) is 11.5 Å². The maximum atomic E-state index is 10.2. The minimum atomic E-state index is -0.278. The summed E-state index contributed by atoms with van der Waals surface area (Å²) in [5, 5.41) is 24.6. The summed E-state index contributed by atoms with van der Waals surface area (Å²) in [6.45, 7) is 4.25. The molecule has 2 N–H and O–H groups in total. The summed E-state index contributed by atoms with van der Waals surface area (Å²) >= 11 is 0. The first-order chi connectivity index (χ1) is 14.0. The second-order valence-electron chi connectivity index (χ2n) is 8.36. The van der Waals surface area contributed by atoms with Crippen molar-refractivity contribution in [1.82, 2.24) is 0 Å². The fraction of sp³-hybridized carbons (Fsp3) is 0.111. The molecule has 0 heterocycles. The summed E-state index contributed by atoms with van der Waals surface area (Å²) in [4.78, 5) is 0. The molecular formula is C27H20O2. The second-order valence-corrected chi connectivity index (χ2v) is 8.36. The van der Waals surface area contributed by atoms with Crippen LogP contribution in [-0.4, -0.2) is 10.2 Å². The van der Waals surface area contributed by atoms with Gasteiger partial charge in [0.15, 0.2) is 0 Å². The lowest BCUT2D eigenvalue weighted by Gasteiger charge is -2.38. The molecular weight excluding hydrogens is 356 g/mol. The van der Waals surface area contributed by atoms with E-state index in [4.69, 9.17) is 0 Å². The Bertz CT molecular complexity index is 1390. The summed E-state index contributed by atoms with van der Waals surface area (Å²) in [6.07, 6.45) is 6.11. The average molecular weight is 376 g/mol. The van der Waals surface area contributed by atoms with Crippen LogP contribution in [0.15, 0.2) is 85.0 Å². The number of phenolic OH excluding ortho intramolecular Hbond substituents is 2. The average Bonchev–Trinajstić information content (AvgIpc) is 3.08. The molecule has 140 valence electrons. The van der Waals surface area contributed by atoms with Crippen LogP contribution in [0.1, 0.15) is 28.7 Å². The van der Waals surface area contributed by atoms with Gasteiger partial charge < -0.3 is 10.2 Å². The molecule has 0 aromatic heterocycles. The van der Waals surface area contributed by atoms with Crippen LogP contribution < -0.4 is 0 Å². The van der Waals surface area contributed by atoms with Gasteiger partial charge >= 0.3 is 0 Å². The zero-order valence-corrected chi connectivity index (χ0v) is 15.9. The predicted octanol–water partition coefficient (Wildman–Crippen LogP) is 6.11. The standard InChI is InChI=1S/C27H20O2/c1-16-8-9-27(15-16)25-13-18-5-7-22(28)12-20(18)11-21(25)10-19-3-2-17-4-6-23(29)14-24(17)26(19)27/h2-9,11-14,28-29H,1,10,15H2. The highest BCUT2D eigenvalue weighted by Crippen LogP contribution is 2.52. The molecule has 2 aliphatic rings. The van der Waals surface area contributed by atoms with Crippen molar-refractivity contribution in [2.75, 3.05) is 0 Å². The van der Waals surface area contributed by atoms with Crippen LogP contribution in [0, 0.1) is 0 Å². The molecule has 0 aliphatic heterocycles. The molecule has 1 spiro atoms. The Kier molecular flexibility index (Phi) is 3.12. The molecule has 0 bridgehead atoms. The number of hydrogen-bond donors (Lipinski definition) is 2. The molecule has 2 aliphatic carbocycles. The molecule has 0 radical (unpaired) electrons. The molecule has 6 rings (SSSR count). The zero-order valence-electron chi connectivity index (χ0n) is 15.9. The summed E-state index contributed by atoms with van der Waals surface area (Å²) in [5.41, 5.74) is 6.00. The summed E-state index contributed by atoms with van der Waals surface area (Å²) in [5.74, 6) is 0.584. The van der Waals surface area contributed by atoms with Crippen LogP contribution in [-0.2, 0) is 11.8 Å². The molecule has 0 fully saturated rings. The van der Waals surface area contributed by atoms with E-state index in [-0.39, 0.29) is 5.41 Å². The Morgan fingerprint density at radius 3 is 2.31 bits per heavy atom. The van der Waals surface area contributed by atoms with Crippen LogP contribution in [0.3, 0.4) is 0 Å². The number of phenols is 2. The van der Waals surface area contributed by atoms with Gasteiger partial charge in [0.05, 0.1) is 0 Å². The van der Waals surface area contributed by atoms with E-state index in [1.165, 1.54) is 22.3 Å². The van der Waals surface area contributed by atoms with Gasteiger partial charge in [-0.05, 0) is 87.0 Å². The topological polar surface area (TPSA) is 40.5 Å². The Labute approximate surface area is 169 Å². The summed E-state index contributed by atoms with van der Waals surface area (Å²) in [7, 11) is 0. The minimum absolute atomic E-state index is 0.278. The number of hydrogen-bond acceptors (Lipinski definition) is 2. The second kappa shape index (κ2) is 5.51. The molecule has 4 aromatic carbocycles. The van der Waals surface area contributed by atoms with Gasteiger partial charge in [-0.15, -0.1) is 0 Å². The van der Waals surface area contributed by atoms with E-state index in [1.807, 2.05) is 24.3 Å². The SMILES string of the molecule is C=C1C=CC2(C1)c1cc3ccc(O)cc3cc1Cc1ccc3ccc(O)cc3c12. The van der Waals surface area contributed by atoms with Crippen LogP contribution in [0.2, 0.25) is 0 Å².